The molecule has 0 amide bonds. The first-order valence-corrected chi connectivity index (χ1v) is 7.30. The van der Waals surface area contributed by atoms with Gasteiger partial charge in [-0.1, -0.05) is 11.3 Å². The topological polar surface area (TPSA) is 69.1 Å². The Morgan fingerprint density at radius 1 is 1.20 bits per heavy atom. The maximum absolute atomic E-state index is 12.7. The number of alkyl halides is 3. The van der Waals surface area contributed by atoms with Gasteiger partial charge in [-0.25, -0.2) is 0 Å². The maximum atomic E-state index is 12.7. The average Bonchev–Trinajstić information content (AvgIpc) is 2.97. The van der Waals surface area contributed by atoms with E-state index in [4.69, 9.17) is 5.73 Å². The zero-order valence-electron chi connectivity index (χ0n) is 10.6. The molecule has 0 aromatic carbocycles. The first-order valence-electron chi connectivity index (χ1n) is 6.48. The molecule has 0 atom stereocenters. The summed E-state index contributed by atoms with van der Waals surface area (Å²) in [6, 6.07) is 0. The van der Waals surface area contributed by atoms with Gasteiger partial charge in [0.05, 0.1) is 0 Å². The lowest BCUT2D eigenvalue weighted by atomic mass is 9.82. The van der Waals surface area contributed by atoms with Crippen LogP contribution in [0.5, 0.6) is 0 Å². The summed E-state index contributed by atoms with van der Waals surface area (Å²) < 4.78 is 39.0. The van der Waals surface area contributed by atoms with E-state index in [-0.39, 0.29) is 10.9 Å². The highest BCUT2D eigenvalue weighted by Gasteiger charge is 2.38. The molecule has 2 aromatic heterocycles. The van der Waals surface area contributed by atoms with Gasteiger partial charge in [-0.3, -0.25) is 0 Å². The number of aromatic nitrogens is 4. The van der Waals surface area contributed by atoms with Crippen LogP contribution in [-0.2, 0) is 6.18 Å². The van der Waals surface area contributed by atoms with Gasteiger partial charge < -0.3 is 5.73 Å². The van der Waals surface area contributed by atoms with Crippen LogP contribution in [0.25, 0.3) is 4.96 Å². The molecule has 3 rings (SSSR count). The van der Waals surface area contributed by atoms with Crippen LogP contribution in [0.1, 0.15) is 42.4 Å². The summed E-state index contributed by atoms with van der Waals surface area (Å²) in [7, 11) is 0. The molecule has 5 nitrogen and oxygen atoms in total. The van der Waals surface area contributed by atoms with Crippen molar-refractivity contribution in [2.75, 3.05) is 6.54 Å². The van der Waals surface area contributed by atoms with Crippen LogP contribution in [0.3, 0.4) is 0 Å². The van der Waals surface area contributed by atoms with Crippen LogP contribution in [-0.4, -0.2) is 26.4 Å². The summed E-state index contributed by atoms with van der Waals surface area (Å²) in [6.07, 6.45) is -0.663. The molecule has 0 unspecified atom stereocenters. The number of hydrogen-bond acceptors (Lipinski definition) is 5. The normalized spacial score (nSPS) is 24.4. The monoisotopic (exact) mass is 305 g/mol. The molecule has 1 fully saturated rings. The summed E-state index contributed by atoms with van der Waals surface area (Å²) in [5, 5.41) is 11.5. The number of halogens is 3. The molecule has 2 N–H and O–H groups in total. The lowest BCUT2D eigenvalue weighted by Gasteiger charge is -2.25. The summed E-state index contributed by atoms with van der Waals surface area (Å²) in [5.41, 5.74) is 5.64. The average molecular weight is 305 g/mol. The van der Waals surface area contributed by atoms with Crippen molar-refractivity contribution in [3.8, 4) is 0 Å². The summed E-state index contributed by atoms with van der Waals surface area (Å²) in [6.45, 7) is 0.677. The van der Waals surface area contributed by atoms with Crippen molar-refractivity contribution in [2.24, 2.45) is 11.7 Å². The second-order valence-corrected chi connectivity index (χ2v) is 6.10. The molecular formula is C11H14F3N5S. The van der Waals surface area contributed by atoms with Gasteiger partial charge in [0.25, 0.3) is 5.82 Å². The largest absolute Gasteiger partial charge is 0.453 e. The highest BCUT2D eigenvalue weighted by atomic mass is 32.1. The second-order valence-electron chi connectivity index (χ2n) is 5.11. The van der Waals surface area contributed by atoms with Gasteiger partial charge in [-0.05, 0) is 38.1 Å². The number of nitrogens with zero attached hydrogens (tertiary/aromatic N) is 4. The summed E-state index contributed by atoms with van der Waals surface area (Å²) >= 11 is 1.20. The van der Waals surface area contributed by atoms with Crippen molar-refractivity contribution in [1.29, 1.82) is 0 Å². The van der Waals surface area contributed by atoms with E-state index in [1.54, 1.807) is 0 Å². The Bertz CT molecular complexity index is 597. The zero-order chi connectivity index (χ0) is 14.3. The maximum Gasteiger partial charge on any atom is 0.453 e. The smallest absolute Gasteiger partial charge is 0.330 e. The molecule has 110 valence electrons. The Labute approximate surface area is 117 Å². The van der Waals surface area contributed by atoms with Crippen molar-refractivity contribution in [2.45, 2.75) is 37.8 Å². The molecule has 1 aliphatic carbocycles. The van der Waals surface area contributed by atoms with E-state index in [1.807, 2.05) is 0 Å². The van der Waals surface area contributed by atoms with E-state index in [0.717, 1.165) is 35.2 Å². The number of fused-ring (bicyclic) bond motifs is 1. The highest BCUT2D eigenvalue weighted by molar-refractivity contribution is 7.16. The molecule has 1 aliphatic rings. The van der Waals surface area contributed by atoms with Crippen molar-refractivity contribution in [3.63, 3.8) is 0 Å². The molecule has 20 heavy (non-hydrogen) atoms. The minimum absolute atomic E-state index is 0.202. The van der Waals surface area contributed by atoms with Crippen LogP contribution >= 0.6 is 11.3 Å². The van der Waals surface area contributed by atoms with Gasteiger partial charge in [0.15, 0.2) is 0 Å². The van der Waals surface area contributed by atoms with Gasteiger partial charge in [-0.15, -0.1) is 10.2 Å². The van der Waals surface area contributed by atoms with E-state index in [2.05, 4.69) is 15.3 Å². The highest BCUT2D eigenvalue weighted by Crippen LogP contribution is 2.38. The van der Waals surface area contributed by atoms with Crippen LogP contribution in [0.15, 0.2) is 0 Å². The minimum atomic E-state index is -4.53. The number of hydrogen-bond donors (Lipinski definition) is 1. The van der Waals surface area contributed by atoms with Crippen LogP contribution in [0.4, 0.5) is 13.2 Å². The Kier molecular flexibility index (Phi) is 3.41. The Morgan fingerprint density at radius 2 is 1.90 bits per heavy atom. The van der Waals surface area contributed by atoms with Crippen LogP contribution in [0, 0.1) is 5.92 Å². The lowest BCUT2D eigenvalue weighted by molar-refractivity contribution is -0.146. The van der Waals surface area contributed by atoms with Gasteiger partial charge in [-0.2, -0.15) is 22.8 Å². The van der Waals surface area contributed by atoms with Crippen molar-refractivity contribution >= 4 is 16.3 Å². The third kappa shape index (κ3) is 2.39. The predicted octanol–water partition coefficient (Wildman–Crippen LogP) is 2.44. The zero-order valence-corrected chi connectivity index (χ0v) is 11.4. The molecule has 9 heteroatoms. The molecule has 2 aromatic rings. The Morgan fingerprint density at radius 3 is 2.50 bits per heavy atom. The number of rotatable bonds is 2. The molecule has 0 saturated heterocycles. The molecular weight excluding hydrogens is 291 g/mol. The molecule has 0 radical (unpaired) electrons. The fourth-order valence-electron chi connectivity index (χ4n) is 2.62. The first-order chi connectivity index (χ1) is 9.49. The Hall–Kier alpha value is -1.22. The van der Waals surface area contributed by atoms with Crippen LogP contribution in [0.2, 0.25) is 0 Å². The van der Waals surface area contributed by atoms with E-state index in [1.165, 1.54) is 11.3 Å². The van der Waals surface area contributed by atoms with Crippen molar-refractivity contribution in [1.82, 2.24) is 19.8 Å². The van der Waals surface area contributed by atoms with Gasteiger partial charge in [0, 0.05) is 5.92 Å². The summed E-state index contributed by atoms with van der Waals surface area (Å²) in [4.78, 5) is 0.202. The third-order valence-corrected chi connectivity index (χ3v) is 4.85. The second kappa shape index (κ2) is 4.96. The van der Waals surface area contributed by atoms with E-state index >= 15 is 0 Å². The minimum Gasteiger partial charge on any atom is -0.330 e. The lowest BCUT2D eigenvalue weighted by Crippen LogP contribution is -2.20. The third-order valence-electron chi connectivity index (χ3n) is 3.79. The molecule has 0 spiro atoms. The van der Waals surface area contributed by atoms with Gasteiger partial charge in [0.1, 0.15) is 5.01 Å². The van der Waals surface area contributed by atoms with Crippen molar-refractivity contribution in [3.05, 3.63) is 10.8 Å². The fourth-order valence-corrected chi connectivity index (χ4v) is 3.63. The van der Waals surface area contributed by atoms with Gasteiger partial charge in [0.2, 0.25) is 4.96 Å². The predicted molar refractivity (Wildman–Crippen MR) is 67.4 cm³/mol. The molecule has 0 bridgehead atoms. The molecule has 2 heterocycles. The Balaban J connectivity index is 1.85. The SMILES string of the molecule is NCC1CCC(c2nn3c(C(F)(F)F)nnc3s2)CC1. The quantitative estimate of drug-likeness (QED) is 0.925. The first kappa shape index (κ1) is 13.7. The van der Waals surface area contributed by atoms with E-state index < -0.39 is 12.0 Å². The van der Waals surface area contributed by atoms with Crippen molar-refractivity contribution < 1.29 is 13.2 Å². The van der Waals surface area contributed by atoms with E-state index in [0.29, 0.717) is 12.5 Å². The van der Waals surface area contributed by atoms with Gasteiger partial charge >= 0.3 is 6.18 Å². The standard InChI is InChI=1S/C11H14F3N5S/c12-11(13,14)9-16-17-10-19(9)18-8(20-10)7-3-1-6(5-15)2-4-7/h6-7H,1-5,15H2. The van der Waals surface area contributed by atoms with Crippen LogP contribution < -0.4 is 5.73 Å². The summed E-state index contributed by atoms with van der Waals surface area (Å²) in [5.74, 6) is -0.307. The number of nitrogens with two attached hydrogens (primary N) is 1. The molecule has 1 saturated carbocycles. The fraction of sp³-hybridized carbons (Fsp3) is 0.727. The molecule has 0 aliphatic heterocycles. The van der Waals surface area contributed by atoms with E-state index in [9.17, 15) is 13.2 Å².